The maximum absolute atomic E-state index is 10.5. The van der Waals surface area contributed by atoms with E-state index in [2.05, 4.69) is 148 Å². The van der Waals surface area contributed by atoms with Crippen molar-refractivity contribution in [3.8, 4) is 61.8 Å². The lowest BCUT2D eigenvalue weighted by Gasteiger charge is -2.35. The summed E-state index contributed by atoms with van der Waals surface area (Å²) in [6.45, 7) is 7.18. The molecule has 3 nitrogen and oxygen atoms in total. The van der Waals surface area contributed by atoms with E-state index < -0.39 is 10.8 Å². The second-order valence-corrected chi connectivity index (χ2v) is 17.6. The molecule has 3 heteroatoms. The first kappa shape index (κ1) is 36.2. The van der Waals surface area contributed by atoms with Crippen LogP contribution in [0.2, 0.25) is 0 Å². The summed E-state index contributed by atoms with van der Waals surface area (Å²) in [5, 5.41) is 37.4. The lowest BCUT2D eigenvalue weighted by Crippen LogP contribution is -2.26. The number of hydrogen-bond acceptors (Lipinski definition) is 3. The van der Waals surface area contributed by atoms with Gasteiger partial charge in [-0.1, -0.05) is 127 Å². The topological polar surface area (TPSA) is 60.7 Å². The summed E-state index contributed by atoms with van der Waals surface area (Å²) >= 11 is 0. The fraction of sp³-hybridized carbons (Fsp3) is 0.0847. The van der Waals surface area contributed by atoms with E-state index in [1.165, 1.54) is 72.3 Å². The van der Waals surface area contributed by atoms with E-state index in [1.807, 2.05) is 36.4 Å². The van der Waals surface area contributed by atoms with Gasteiger partial charge in [0.25, 0.3) is 0 Å². The monoisotopic (exact) mass is 798 g/mol. The van der Waals surface area contributed by atoms with E-state index in [0.29, 0.717) is 0 Å². The maximum atomic E-state index is 10.5. The van der Waals surface area contributed by atoms with E-state index in [9.17, 15) is 15.3 Å². The van der Waals surface area contributed by atoms with Crippen molar-refractivity contribution in [3.63, 3.8) is 0 Å². The molecule has 0 amide bonds. The fourth-order valence-corrected chi connectivity index (χ4v) is 11.4. The molecule has 0 aromatic heterocycles. The normalized spacial score (nSPS) is 17.3. The Balaban J connectivity index is 1.24. The predicted molar refractivity (Wildman–Crippen MR) is 254 cm³/mol. The van der Waals surface area contributed by atoms with Gasteiger partial charge in [-0.25, -0.2) is 0 Å². The minimum atomic E-state index is -0.586. The standard InChI is InChI=1S/C59H42O3/c1-34-53(48-11-5-4-10-47(48)41-17-16-38-31-44(60)25-20-35(38)28-41)56-55(50-13-7-9-15-52(50)59(56,3)43-24-19-40-33-46(62)27-22-37(40)30-43)57-54(34)49-12-6-8-14-51(49)58(57,2)42-23-18-39-32-45(61)26-21-36(39)29-42/h4-33,60-62H,1-3H3. The Morgan fingerprint density at radius 3 is 1.23 bits per heavy atom. The Bertz CT molecular complexity index is 3560. The van der Waals surface area contributed by atoms with E-state index in [4.69, 9.17) is 0 Å². The summed E-state index contributed by atoms with van der Waals surface area (Å²) in [6, 6.07) is 63.8. The quantitative estimate of drug-likeness (QED) is 0.166. The Morgan fingerprint density at radius 1 is 0.339 bits per heavy atom. The summed E-state index contributed by atoms with van der Waals surface area (Å²) < 4.78 is 0. The predicted octanol–water partition coefficient (Wildman–Crippen LogP) is 14.6. The molecular weight excluding hydrogens is 757 g/mol. The molecule has 0 aliphatic heterocycles. The van der Waals surface area contributed by atoms with Crippen molar-refractivity contribution in [2.24, 2.45) is 0 Å². The Labute approximate surface area is 360 Å². The molecule has 296 valence electrons. The van der Waals surface area contributed by atoms with Gasteiger partial charge in [0.15, 0.2) is 0 Å². The van der Waals surface area contributed by atoms with Crippen molar-refractivity contribution in [3.05, 3.63) is 221 Å². The van der Waals surface area contributed by atoms with Crippen LogP contribution in [0.1, 0.15) is 52.8 Å². The first-order valence-electron chi connectivity index (χ1n) is 21.3. The van der Waals surface area contributed by atoms with Crippen LogP contribution in [-0.4, -0.2) is 15.3 Å². The van der Waals surface area contributed by atoms with Gasteiger partial charge < -0.3 is 15.3 Å². The van der Waals surface area contributed by atoms with Crippen molar-refractivity contribution in [2.45, 2.75) is 31.6 Å². The number of aromatic hydroxyl groups is 3. The van der Waals surface area contributed by atoms with Crippen LogP contribution in [0.4, 0.5) is 0 Å². The molecule has 0 saturated heterocycles. The maximum Gasteiger partial charge on any atom is 0.116 e. The summed E-state index contributed by atoms with van der Waals surface area (Å²) in [5.41, 5.74) is 17.4. The first-order valence-corrected chi connectivity index (χ1v) is 21.3. The van der Waals surface area contributed by atoms with Crippen LogP contribution in [0, 0.1) is 6.92 Å². The smallest absolute Gasteiger partial charge is 0.116 e. The molecule has 2 atom stereocenters. The summed E-state index contributed by atoms with van der Waals surface area (Å²) in [4.78, 5) is 0. The zero-order valence-corrected chi connectivity index (χ0v) is 34.7. The van der Waals surface area contributed by atoms with E-state index >= 15 is 0 Å². The summed E-state index contributed by atoms with van der Waals surface area (Å²) in [6.07, 6.45) is 0. The van der Waals surface area contributed by atoms with Crippen LogP contribution in [0.3, 0.4) is 0 Å². The first-order chi connectivity index (χ1) is 30.1. The molecule has 3 N–H and O–H groups in total. The number of benzene rings is 10. The zero-order valence-electron chi connectivity index (χ0n) is 34.7. The zero-order chi connectivity index (χ0) is 42.1. The third-order valence-corrected chi connectivity index (χ3v) is 14.4. The van der Waals surface area contributed by atoms with Crippen molar-refractivity contribution in [1.29, 1.82) is 0 Å². The molecule has 2 unspecified atom stereocenters. The Kier molecular flexibility index (Phi) is 7.57. The minimum absolute atomic E-state index is 0.257. The van der Waals surface area contributed by atoms with Gasteiger partial charge in [-0.2, -0.15) is 0 Å². The van der Waals surface area contributed by atoms with E-state index in [1.54, 1.807) is 18.2 Å². The molecule has 0 radical (unpaired) electrons. The third kappa shape index (κ3) is 4.94. The second-order valence-electron chi connectivity index (χ2n) is 17.6. The van der Waals surface area contributed by atoms with Crippen LogP contribution >= 0.6 is 0 Å². The molecule has 0 spiro atoms. The molecule has 62 heavy (non-hydrogen) atoms. The highest BCUT2D eigenvalue weighted by atomic mass is 16.3. The van der Waals surface area contributed by atoms with Gasteiger partial charge in [0.1, 0.15) is 17.2 Å². The van der Waals surface area contributed by atoms with Gasteiger partial charge in [-0.3, -0.25) is 0 Å². The van der Waals surface area contributed by atoms with Crippen molar-refractivity contribution < 1.29 is 15.3 Å². The SMILES string of the molecule is Cc1c(-c2ccccc2-c2ccc3cc(O)ccc3c2)c2c(c3c1-c1ccccc1C3(C)c1ccc3cc(O)ccc3c1)-c1ccccc1C2(C)c1ccc2cc(O)ccc2c1. The number of rotatable bonds is 4. The van der Waals surface area contributed by atoms with Gasteiger partial charge in [-0.05, 0) is 191 Å². The second kappa shape index (κ2) is 12.9. The largest absolute Gasteiger partial charge is 0.508 e. The molecule has 0 fully saturated rings. The van der Waals surface area contributed by atoms with Crippen LogP contribution in [0.25, 0.3) is 76.8 Å². The molecular formula is C59H42O3. The number of phenolic OH excluding ortho intramolecular Hbond substituents is 3. The van der Waals surface area contributed by atoms with Crippen LogP contribution in [0.15, 0.2) is 182 Å². The Hall–Kier alpha value is -7.62. The summed E-state index contributed by atoms with van der Waals surface area (Å²) in [5.74, 6) is 0.779. The number of hydrogen-bond donors (Lipinski definition) is 3. The number of fused-ring (bicyclic) bond motifs is 10. The van der Waals surface area contributed by atoms with Crippen LogP contribution in [-0.2, 0) is 10.8 Å². The van der Waals surface area contributed by atoms with Gasteiger partial charge in [0.05, 0.1) is 0 Å². The minimum Gasteiger partial charge on any atom is -0.508 e. The van der Waals surface area contributed by atoms with Gasteiger partial charge >= 0.3 is 0 Å². The molecule has 0 saturated carbocycles. The van der Waals surface area contributed by atoms with E-state index in [-0.39, 0.29) is 17.2 Å². The Morgan fingerprint density at radius 2 is 0.710 bits per heavy atom. The lowest BCUT2D eigenvalue weighted by atomic mass is 9.67. The molecule has 0 bridgehead atoms. The average Bonchev–Trinajstić information content (AvgIpc) is 3.72. The highest BCUT2D eigenvalue weighted by Crippen LogP contribution is 2.66. The fourth-order valence-electron chi connectivity index (χ4n) is 11.4. The lowest BCUT2D eigenvalue weighted by molar-refractivity contribution is 0.475. The van der Waals surface area contributed by atoms with Crippen LogP contribution in [0.5, 0.6) is 17.2 Å². The van der Waals surface area contributed by atoms with E-state index in [0.717, 1.165) is 43.4 Å². The molecule has 2 aliphatic rings. The average molecular weight is 799 g/mol. The highest BCUT2D eigenvalue weighted by Gasteiger charge is 2.51. The number of phenols is 3. The van der Waals surface area contributed by atoms with Crippen molar-refractivity contribution in [2.75, 3.05) is 0 Å². The molecule has 12 rings (SSSR count). The van der Waals surface area contributed by atoms with Crippen molar-refractivity contribution in [1.82, 2.24) is 0 Å². The molecule has 10 aromatic carbocycles. The van der Waals surface area contributed by atoms with Gasteiger partial charge in [0, 0.05) is 10.8 Å². The molecule has 2 aliphatic carbocycles. The van der Waals surface area contributed by atoms with Crippen molar-refractivity contribution >= 4 is 32.3 Å². The third-order valence-electron chi connectivity index (χ3n) is 14.4. The molecule has 0 heterocycles. The summed E-state index contributed by atoms with van der Waals surface area (Å²) in [7, 11) is 0. The highest BCUT2D eigenvalue weighted by molar-refractivity contribution is 6.05. The van der Waals surface area contributed by atoms with Crippen LogP contribution < -0.4 is 0 Å². The van der Waals surface area contributed by atoms with Gasteiger partial charge in [0.2, 0.25) is 0 Å². The van der Waals surface area contributed by atoms with Gasteiger partial charge in [-0.15, -0.1) is 0 Å². The molecule has 10 aromatic rings.